The van der Waals surface area contributed by atoms with Crippen LogP contribution in [0, 0.1) is 0 Å². The molecule has 0 bridgehead atoms. The number of carbonyl (C=O) groups excluding carboxylic acids is 1. The molecule has 1 saturated heterocycles. The SMILES string of the molecule is [NH]C1(C(=O)N2CC(F)(F)C2)CC1. The number of amides is 1. The van der Waals surface area contributed by atoms with Gasteiger partial charge in [-0.3, -0.25) is 4.79 Å². The molecule has 0 atom stereocenters. The van der Waals surface area contributed by atoms with Crippen LogP contribution in [0.3, 0.4) is 0 Å². The number of rotatable bonds is 1. The van der Waals surface area contributed by atoms with Crippen LogP contribution in [0.5, 0.6) is 0 Å². The van der Waals surface area contributed by atoms with E-state index in [4.69, 9.17) is 5.73 Å². The van der Waals surface area contributed by atoms with E-state index < -0.39 is 30.5 Å². The molecule has 2 fully saturated rings. The summed E-state index contributed by atoms with van der Waals surface area (Å²) in [5, 5.41) is 0. The summed E-state index contributed by atoms with van der Waals surface area (Å²) in [4.78, 5) is 12.3. The van der Waals surface area contributed by atoms with Gasteiger partial charge in [0, 0.05) is 0 Å². The van der Waals surface area contributed by atoms with E-state index in [1.54, 1.807) is 0 Å². The predicted molar refractivity (Wildman–Crippen MR) is 36.6 cm³/mol. The van der Waals surface area contributed by atoms with Crippen LogP contribution < -0.4 is 5.73 Å². The van der Waals surface area contributed by atoms with Crippen molar-refractivity contribution < 1.29 is 13.6 Å². The Morgan fingerprint density at radius 3 is 2.17 bits per heavy atom. The van der Waals surface area contributed by atoms with Crippen molar-refractivity contribution in [3.05, 3.63) is 0 Å². The fraction of sp³-hybridized carbons (Fsp3) is 0.857. The summed E-state index contributed by atoms with van der Waals surface area (Å²) in [6, 6.07) is 0. The fourth-order valence-corrected chi connectivity index (χ4v) is 1.30. The van der Waals surface area contributed by atoms with Crippen LogP contribution in [0.15, 0.2) is 0 Å². The number of hydrogen-bond acceptors (Lipinski definition) is 1. The van der Waals surface area contributed by atoms with Gasteiger partial charge in [0.05, 0.1) is 13.1 Å². The molecule has 0 aromatic rings. The average Bonchev–Trinajstić information content (AvgIpc) is 2.62. The second kappa shape index (κ2) is 1.96. The van der Waals surface area contributed by atoms with Crippen LogP contribution in [-0.4, -0.2) is 35.4 Å². The van der Waals surface area contributed by atoms with Gasteiger partial charge in [0.1, 0.15) is 5.54 Å². The first-order valence-electron chi connectivity index (χ1n) is 3.85. The fourth-order valence-electron chi connectivity index (χ4n) is 1.30. The number of alkyl halides is 2. The summed E-state index contributed by atoms with van der Waals surface area (Å²) in [5.74, 6) is -3.13. The van der Waals surface area contributed by atoms with E-state index >= 15 is 0 Å². The van der Waals surface area contributed by atoms with Crippen molar-refractivity contribution in [2.24, 2.45) is 0 Å². The van der Waals surface area contributed by atoms with Crippen molar-refractivity contribution >= 4 is 5.91 Å². The van der Waals surface area contributed by atoms with Crippen molar-refractivity contribution in [1.82, 2.24) is 10.6 Å². The van der Waals surface area contributed by atoms with Crippen LogP contribution in [-0.2, 0) is 4.79 Å². The van der Waals surface area contributed by atoms with Crippen LogP contribution in [0.1, 0.15) is 12.8 Å². The molecule has 1 saturated carbocycles. The van der Waals surface area contributed by atoms with Gasteiger partial charge >= 0.3 is 0 Å². The molecule has 12 heavy (non-hydrogen) atoms. The molecule has 5 heteroatoms. The quantitative estimate of drug-likeness (QED) is 0.564. The zero-order valence-electron chi connectivity index (χ0n) is 6.44. The molecule has 1 heterocycles. The topological polar surface area (TPSA) is 44.1 Å². The zero-order valence-corrected chi connectivity index (χ0v) is 6.44. The third kappa shape index (κ3) is 1.08. The summed E-state index contributed by atoms with van der Waals surface area (Å²) < 4.78 is 24.6. The zero-order chi connectivity index (χ0) is 8.98. The first-order chi connectivity index (χ1) is 5.43. The van der Waals surface area contributed by atoms with Crippen LogP contribution in [0.4, 0.5) is 8.78 Å². The summed E-state index contributed by atoms with van der Waals surface area (Å²) in [6.07, 6.45) is 1.04. The maximum Gasteiger partial charge on any atom is 0.282 e. The lowest BCUT2D eigenvalue weighted by Crippen LogP contribution is -2.61. The van der Waals surface area contributed by atoms with Crippen molar-refractivity contribution in [3.63, 3.8) is 0 Å². The first kappa shape index (κ1) is 7.91. The Morgan fingerprint density at radius 2 is 1.83 bits per heavy atom. The largest absolute Gasteiger partial charge is 0.329 e. The summed E-state index contributed by atoms with van der Waals surface area (Å²) in [6.45, 7) is -0.987. The molecule has 3 nitrogen and oxygen atoms in total. The normalized spacial score (nSPS) is 29.4. The Kier molecular flexibility index (Phi) is 1.29. The van der Waals surface area contributed by atoms with Crippen LogP contribution >= 0.6 is 0 Å². The van der Waals surface area contributed by atoms with Gasteiger partial charge in [0.15, 0.2) is 0 Å². The highest BCUT2D eigenvalue weighted by molar-refractivity contribution is 5.89. The summed E-state index contributed by atoms with van der Waals surface area (Å²) in [5.41, 5.74) is 6.36. The highest BCUT2D eigenvalue weighted by Gasteiger charge is 2.55. The maximum absolute atomic E-state index is 12.3. The van der Waals surface area contributed by atoms with Crippen molar-refractivity contribution in [2.45, 2.75) is 24.3 Å². The number of hydrogen-bond donors (Lipinski definition) is 0. The van der Waals surface area contributed by atoms with Gasteiger partial charge in [-0.25, -0.2) is 14.5 Å². The lowest BCUT2D eigenvalue weighted by Gasteiger charge is -2.39. The monoisotopic (exact) mass is 175 g/mol. The smallest absolute Gasteiger partial charge is 0.282 e. The molecule has 0 aromatic carbocycles. The third-order valence-corrected chi connectivity index (χ3v) is 2.29. The number of carbonyl (C=O) groups is 1. The van der Waals surface area contributed by atoms with Gasteiger partial charge in [-0.05, 0) is 12.8 Å². The van der Waals surface area contributed by atoms with Crippen molar-refractivity contribution in [2.75, 3.05) is 13.1 Å². The molecule has 1 N–H and O–H groups in total. The molecule has 0 aromatic heterocycles. The third-order valence-electron chi connectivity index (χ3n) is 2.29. The molecule has 0 unspecified atom stereocenters. The average molecular weight is 175 g/mol. The van der Waals surface area contributed by atoms with Gasteiger partial charge in [0.2, 0.25) is 5.91 Å². The minimum atomic E-state index is -2.71. The molecule has 67 valence electrons. The lowest BCUT2D eigenvalue weighted by atomic mass is 10.1. The molecule has 0 spiro atoms. The summed E-state index contributed by atoms with van der Waals surface area (Å²) in [7, 11) is 0. The standard InChI is InChI=1S/C7H9F2N2O/c8-7(9)3-11(4-7)5(12)6(10)1-2-6/h10H,1-4H2. The van der Waals surface area contributed by atoms with Gasteiger partial charge in [0.25, 0.3) is 5.92 Å². The Labute approximate surface area is 68.5 Å². The van der Waals surface area contributed by atoms with Crippen molar-refractivity contribution in [1.29, 1.82) is 0 Å². The minimum absolute atomic E-state index is 0.423. The van der Waals surface area contributed by atoms with E-state index in [2.05, 4.69) is 0 Å². The lowest BCUT2D eigenvalue weighted by molar-refractivity contribution is -0.168. The molecule has 1 aliphatic carbocycles. The maximum atomic E-state index is 12.3. The van der Waals surface area contributed by atoms with Crippen LogP contribution in [0.2, 0.25) is 0 Å². The summed E-state index contributed by atoms with van der Waals surface area (Å²) >= 11 is 0. The number of nitrogens with zero attached hydrogens (tertiary/aromatic N) is 1. The van der Waals surface area contributed by atoms with Gasteiger partial charge in [-0.2, -0.15) is 0 Å². The van der Waals surface area contributed by atoms with Crippen LogP contribution in [0.25, 0.3) is 0 Å². The molecule has 2 rings (SSSR count). The van der Waals surface area contributed by atoms with Crippen molar-refractivity contribution in [3.8, 4) is 0 Å². The number of nitrogens with one attached hydrogen (secondary N) is 1. The van der Waals surface area contributed by atoms with Gasteiger partial charge < -0.3 is 4.90 Å². The molecule has 1 aliphatic heterocycles. The number of likely N-dealkylation sites (tertiary alicyclic amines) is 1. The highest BCUT2D eigenvalue weighted by Crippen LogP contribution is 2.39. The van der Waals surface area contributed by atoms with E-state index in [1.807, 2.05) is 0 Å². The van der Waals surface area contributed by atoms with E-state index in [1.165, 1.54) is 0 Å². The van der Waals surface area contributed by atoms with E-state index in [0.29, 0.717) is 12.8 Å². The first-order valence-corrected chi connectivity index (χ1v) is 3.85. The van der Waals surface area contributed by atoms with E-state index in [9.17, 15) is 13.6 Å². The Hall–Kier alpha value is -0.710. The van der Waals surface area contributed by atoms with E-state index in [0.717, 1.165) is 4.90 Å². The molecule has 1 amide bonds. The second-order valence-corrected chi connectivity index (χ2v) is 3.60. The number of halogens is 2. The minimum Gasteiger partial charge on any atom is -0.329 e. The molecular weight excluding hydrogens is 166 g/mol. The highest BCUT2D eigenvalue weighted by atomic mass is 19.3. The second-order valence-electron chi connectivity index (χ2n) is 3.60. The Morgan fingerprint density at radius 1 is 1.33 bits per heavy atom. The van der Waals surface area contributed by atoms with Gasteiger partial charge in [-0.15, -0.1) is 0 Å². The molecule has 2 aliphatic rings. The predicted octanol–water partition coefficient (Wildman–Crippen LogP) is 0.279. The Balaban J connectivity index is 1.92. The molecular formula is C7H9F2N2O. The van der Waals surface area contributed by atoms with E-state index in [-0.39, 0.29) is 0 Å². The Bertz CT molecular complexity index is 230. The molecule has 1 radical (unpaired) electrons. The van der Waals surface area contributed by atoms with Gasteiger partial charge in [-0.1, -0.05) is 0 Å².